The molecule has 0 unspecified atom stereocenters. The lowest BCUT2D eigenvalue weighted by atomic mass is 10.2. The van der Waals surface area contributed by atoms with E-state index in [1.165, 1.54) is 0 Å². The molecule has 0 saturated carbocycles. The zero-order valence-corrected chi connectivity index (χ0v) is 6.78. The third-order valence-electron chi connectivity index (χ3n) is 1.43. The van der Waals surface area contributed by atoms with E-state index in [0.717, 1.165) is 5.56 Å². The van der Waals surface area contributed by atoms with Gasteiger partial charge >= 0.3 is 0 Å². The minimum absolute atomic E-state index is 0.217. The van der Waals surface area contributed by atoms with Crippen molar-refractivity contribution in [2.75, 3.05) is 5.32 Å². The first kappa shape index (κ1) is 9.01. The van der Waals surface area contributed by atoms with E-state index in [4.69, 9.17) is 6.42 Å². The fourth-order valence-electron chi connectivity index (χ4n) is 0.822. The van der Waals surface area contributed by atoms with Crippen LogP contribution in [-0.4, -0.2) is 12.2 Å². The first-order chi connectivity index (χ1) is 6.26. The first-order valence-corrected chi connectivity index (χ1v) is 3.59. The number of rotatable bonds is 2. The van der Waals surface area contributed by atoms with Gasteiger partial charge in [0.15, 0.2) is 0 Å². The van der Waals surface area contributed by atoms with Crippen LogP contribution in [0.3, 0.4) is 0 Å². The fourth-order valence-corrected chi connectivity index (χ4v) is 0.822. The molecule has 1 rings (SSSR count). The Morgan fingerprint density at radius 2 is 2.00 bits per heavy atom. The molecule has 3 nitrogen and oxygen atoms in total. The van der Waals surface area contributed by atoms with E-state index >= 15 is 0 Å². The maximum Gasteiger partial charge on any atom is 0.288 e. The van der Waals surface area contributed by atoms with Crippen LogP contribution in [0.1, 0.15) is 5.56 Å². The highest BCUT2D eigenvalue weighted by atomic mass is 16.2. The predicted molar refractivity (Wildman–Crippen MR) is 49.1 cm³/mol. The minimum Gasteiger partial charge on any atom is -0.320 e. The number of aldehydes is 1. The molecule has 13 heavy (non-hydrogen) atoms. The first-order valence-electron chi connectivity index (χ1n) is 3.59. The molecule has 0 spiro atoms. The summed E-state index contributed by atoms with van der Waals surface area (Å²) in [7, 11) is 0. The Bertz CT molecular complexity index is 360. The SMILES string of the molecule is C#Cc1ccc(NC(=O)C=O)cc1. The third-order valence-corrected chi connectivity index (χ3v) is 1.43. The van der Waals surface area contributed by atoms with Crippen molar-refractivity contribution in [2.45, 2.75) is 0 Å². The van der Waals surface area contributed by atoms with Crippen LogP contribution in [0.5, 0.6) is 0 Å². The van der Waals surface area contributed by atoms with E-state index in [2.05, 4.69) is 11.2 Å². The molecule has 1 amide bonds. The van der Waals surface area contributed by atoms with Crippen LogP contribution in [0.25, 0.3) is 0 Å². The van der Waals surface area contributed by atoms with Crippen molar-refractivity contribution in [1.82, 2.24) is 0 Å². The van der Waals surface area contributed by atoms with Crippen molar-refractivity contribution in [3.8, 4) is 12.3 Å². The molecule has 0 aliphatic rings. The summed E-state index contributed by atoms with van der Waals surface area (Å²) in [6, 6.07) is 6.63. The summed E-state index contributed by atoms with van der Waals surface area (Å²) in [5.74, 6) is 1.77. The zero-order chi connectivity index (χ0) is 9.68. The van der Waals surface area contributed by atoms with Gasteiger partial charge in [0.1, 0.15) is 0 Å². The monoisotopic (exact) mass is 173 g/mol. The number of anilines is 1. The van der Waals surface area contributed by atoms with E-state index < -0.39 is 5.91 Å². The molecular weight excluding hydrogens is 166 g/mol. The lowest BCUT2D eigenvalue weighted by Crippen LogP contribution is -2.11. The molecule has 0 fully saturated rings. The summed E-state index contributed by atoms with van der Waals surface area (Å²) in [4.78, 5) is 20.6. The molecule has 0 radical (unpaired) electrons. The van der Waals surface area contributed by atoms with E-state index in [-0.39, 0.29) is 6.29 Å². The average molecular weight is 173 g/mol. The average Bonchev–Trinajstić information content (AvgIpc) is 2.19. The lowest BCUT2D eigenvalue weighted by molar-refractivity contribution is -0.127. The van der Waals surface area contributed by atoms with Gasteiger partial charge in [0, 0.05) is 11.3 Å². The summed E-state index contributed by atoms with van der Waals surface area (Å²) >= 11 is 0. The van der Waals surface area contributed by atoms with Gasteiger partial charge in [0.2, 0.25) is 6.29 Å². The number of benzene rings is 1. The molecule has 0 aliphatic heterocycles. The Morgan fingerprint density at radius 3 is 2.46 bits per heavy atom. The molecule has 0 bridgehead atoms. The highest BCUT2D eigenvalue weighted by Gasteiger charge is 1.97. The Hall–Kier alpha value is -2.08. The molecule has 0 aliphatic carbocycles. The fraction of sp³-hybridized carbons (Fsp3) is 0. The van der Waals surface area contributed by atoms with E-state index in [1.54, 1.807) is 24.3 Å². The van der Waals surface area contributed by atoms with Crippen LogP contribution in [-0.2, 0) is 9.59 Å². The molecule has 0 saturated heterocycles. The van der Waals surface area contributed by atoms with Gasteiger partial charge in [0.05, 0.1) is 0 Å². The standard InChI is InChI=1S/C10H7NO2/c1-2-8-3-5-9(6-4-8)11-10(13)7-12/h1,3-7H,(H,11,13). The number of amides is 1. The Morgan fingerprint density at radius 1 is 1.38 bits per heavy atom. The minimum atomic E-state index is -0.673. The predicted octanol–water partition coefficient (Wildman–Crippen LogP) is 0.805. The van der Waals surface area contributed by atoms with Gasteiger partial charge in [-0.2, -0.15) is 0 Å². The normalized spacial score (nSPS) is 8.54. The number of hydrogen-bond donors (Lipinski definition) is 1. The lowest BCUT2D eigenvalue weighted by Gasteiger charge is -1.99. The van der Waals surface area contributed by atoms with Gasteiger partial charge in [-0.25, -0.2) is 0 Å². The van der Waals surface area contributed by atoms with Crippen LogP contribution in [0.4, 0.5) is 5.69 Å². The summed E-state index contributed by atoms with van der Waals surface area (Å²) in [5.41, 5.74) is 1.28. The number of hydrogen-bond acceptors (Lipinski definition) is 2. The van der Waals surface area contributed by atoms with Gasteiger partial charge < -0.3 is 5.32 Å². The van der Waals surface area contributed by atoms with Crippen LogP contribution < -0.4 is 5.32 Å². The highest BCUT2D eigenvalue weighted by molar-refractivity contribution is 6.29. The number of nitrogens with one attached hydrogen (secondary N) is 1. The molecule has 64 valence electrons. The Balaban J connectivity index is 2.76. The number of carbonyl (C=O) groups is 2. The van der Waals surface area contributed by atoms with E-state index in [9.17, 15) is 9.59 Å². The maximum absolute atomic E-state index is 10.6. The van der Waals surface area contributed by atoms with Crippen LogP contribution >= 0.6 is 0 Å². The number of terminal acetylenes is 1. The van der Waals surface area contributed by atoms with Gasteiger partial charge in [-0.05, 0) is 24.3 Å². The van der Waals surface area contributed by atoms with Crippen LogP contribution in [0.15, 0.2) is 24.3 Å². The van der Waals surface area contributed by atoms with Gasteiger partial charge in [0.25, 0.3) is 5.91 Å². The Labute approximate surface area is 75.8 Å². The molecule has 3 heteroatoms. The molecule has 1 aromatic rings. The van der Waals surface area contributed by atoms with E-state index in [0.29, 0.717) is 5.69 Å². The third kappa shape index (κ3) is 2.46. The van der Waals surface area contributed by atoms with Gasteiger partial charge in [-0.1, -0.05) is 5.92 Å². The van der Waals surface area contributed by atoms with Crippen LogP contribution in [0.2, 0.25) is 0 Å². The topological polar surface area (TPSA) is 46.2 Å². The second-order valence-corrected chi connectivity index (χ2v) is 2.33. The highest BCUT2D eigenvalue weighted by Crippen LogP contribution is 2.07. The maximum atomic E-state index is 10.6. The van der Waals surface area contributed by atoms with Crippen molar-refractivity contribution in [2.24, 2.45) is 0 Å². The largest absolute Gasteiger partial charge is 0.320 e. The quantitative estimate of drug-likeness (QED) is 0.408. The second kappa shape index (κ2) is 4.07. The van der Waals surface area contributed by atoms with Crippen LogP contribution in [0, 0.1) is 12.3 Å². The molecule has 0 heterocycles. The van der Waals surface area contributed by atoms with E-state index in [1.807, 2.05) is 0 Å². The number of carbonyl (C=O) groups excluding carboxylic acids is 2. The molecule has 0 aromatic heterocycles. The van der Waals surface area contributed by atoms with Crippen molar-refractivity contribution in [3.05, 3.63) is 29.8 Å². The summed E-state index contributed by atoms with van der Waals surface area (Å²) in [5, 5.41) is 2.37. The van der Waals surface area contributed by atoms with Gasteiger partial charge in [-0.15, -0.1) is 6.42 Å². The molecule has 1 aromatic carbocycles. The Kier molecular flexibility index (Phi) is 2.82. The van der Waals surface area contributed by atoms with Crippen molar-refractivity contribution < 1.29 is 9.59 Å². The summed E-state index contributed by atoms with van der Waals surface area (Å²) in [6.07, 6.45) is 5.35. The zero-order valence-electron chi connectivity index (χ0n) is 6.78. The second-order valence-electron chi connectivity index (χ2n) is 2.33. The molecule has 1 N–H and O–H groups in total. The van der Waals surface area contributed by atoms with Crippen molar-refractivity contribution >= 4 is 17.9 Å². The van der Waals surface area contributed by atoms with Gasteiger partial charge in [-0.3, -0.25) is 9.59 Å². The molecule has 0 atom stereocenters. The van der Waals surface area contributed by atoms with Crippen molar-refractivity contribution in [3.63, 3.8) is 0 Å². The summed E-state index contributed by atoms with van der Waals surface area (Å²) in [6.45, 7) is 0. The van der Waals surface area contributed by atoms with Crippen molar-refractivity contribution in [1.29, 1.82) is 0 Å². The summed E-state index contributed by atoms with van der Waals surface area (Å²) < 4.78 is 0. The smallest absolute Gasteiger partial charge is 0.288 e. The molecular formula is C10H7NO2.